The van der Waals surface area contributed by atoms with Crippen LogP contribution in [0.1, 0.15) is 18.9 Å². The smallest absolute Gasteiger partial charge is 0.234 e. The molecule has 29 heavy (non-hydrogen) atoms. The first-order chi connectivity index (χ1) is 14.1. The molecule has 1 aromatic carbocycles. The lowest BCUT2D eigenvalue weighted by Crippen LogP contribution is -2.54. The number of methoxy groups -OCH3 is 1. The molecular weight excluding hydrogens is 373 g/mol. The van der Waals surface area contributed by atoms with Crippen molar-refractivity contribution in [2.24, 2.45) is 4.99 Å². The number of nitrogens with zero attached hydrogens (tertiary/aromatic N) is 3. The van der Waals surface area contributed by atoms with E-state index in [0.717, 1.165) is 57.1 Å². The van der Waals surface area contributed by atoms with Gasteiger partial charge in [-0.25, -0.2) is 4.39 Å². The predicted molar refractivity (Wildman–Crippen MR) is 114 cm³/mol. The third-order valence-corrected chi connectivity index (χ3v) is 4.78. The number of hydrogen-bond donors (Lipinski definition) is 2. The van der Waals surface area contributed by atoms with Crippen molar-refractivity contribution in [3.63, 3.8) is 0 Å². The zero-order valence-electron chi connectivity index (χ0n) is 17.6. The van der Waals surface area contributed by atoms with Crippen LogP contribution in [-0.2, 0) is 16.0 Å². The van der Waals surface area contributed by atoms with Gasteiger partial charge in [-0.15, -0.1) is 0 Å². The quantitative estimate of drug-likeness (QED) is 0.345. The number of ether oxygens (including phenoxy) is 1. The number of benzene rings is 1. The van der Waals surface area contributed by atoms with Crippen molar-refractivity contribution in [2.75, 3.05) is 66.1 Å². The van der Waals surface area contributed by atoms with Gasteiger partial charge in [-0.3, -0.25) is 14.7 Å². The second-order valence-electron chi connectivity index (χ2n) is 7.08. The SMILES string of the molecule is CCNC(=NCCCc1cccc(F)c1)N1CCN(CC(=O)NCCOC)CC1. The molecule has 2 N–H and O–H groups in total. The van der Waals surface area contributed by atoms with Crippen LogP contribution in [0.4, 0.5) is 4.39 Å². The molecule has 1 aliphatic rings. The number of nitrogens with one attached hydrogen (secondary N) is 2. The molecule has 1 heterocycles. The Morgan fingerprint density at radius 2 is 2.03 bits per heavy atom. The molecule has 0 spiro atoms. The number of aryl methyl sites for hydroxylation is 1. The van der Waals surface area contributed by atoms with E-state index in [0.29, 0.717) is 26.2 Å². The summed E-state index contributed by atoms with van der Waals surface area (Å²) in [4.78, 5) is 21.1. The first-order valence-electron chi connectivity index (χ1n) is 10.4. The van der Waals surface area contributed by atoms with Crippen molar-refractivity contribution < 1.29 is 13.9 Å². The number of amides is 1. The minimum Gasteiger partial charge on any atom is -0.383 e. The normalized spacial score (nSPS) is 15.4. The Morgan fingerprint density at radius 1 is 1.24 bits per heavy atom. The van der Waals surface area contributed by atoms with Gasteiger partial charge in [-0.2, -0.15) is 0 Å². The van der Waals surface area contributed by atoms with E-state index in [1.54, 1.807) is 19.2 Å². The van der Waals surface area contributed by atoms with Crippen molar-refractivity contribution in [1.82, 2.24) is 20.4 Å². The van der Waals surface area contributed by atoms with Gasteiger partial charge in [-0.1, -0.05) is 12.1 Å². The van der Waals surface area contributed by atoms with E-state index >= 15 is 0 Å². The molecule has 0 saturated carbocycles. The molecule has 0 unspecified atom stereocenters. The summed E-state index contributed by atoms with van der Waals surface area (Å²) in [6.07, 6.45) is 1.69. The molecule has 0 aromatic heterocycles. The van der Waals surface area contributed by atoms with Crippen molar-refractivity contribution >= 4 is 11.9 Å². The third-order valence-electron chi connectivity index (χ3n) is 4.78. The average molecular weight is 408 g/mol. The highest BCUT2D eigenvalue weighted by Crippen LogP contribution is 2.07. The summed E-state index contributed by atoms with van der Waals surface area (Å²) < 4.78 is 18.2. The highest BCUT2D eigenvalue weighted by atomic mass is 19.1. The first kappa shape index (κ1) is 23.1. The molecule has 1 aromatic rings. The summed E-state index contributed by atoms with van der Waals surface area (Å²) in [5, 5.41) is 6.21. The standard InChI is InChI=1S/C21H34FN5O2/c1-3-23-21(25-9-5-7-18-6-4-8-19(22)16-18)27-13-11-26(12-14-27)17-20(28)24-10-15-29-2/h4,6,8,16H,3,5,7,9-15,17H2,1-2H3,(H,23,25)(H,24,28). The Hall–Kier alpha value is -2.19. The summed E-state index contributed by atoms with van der Waals surface area (Å²) in [5.41, 5.74) is 1.00. The van der Waals surface area contributed by atoms with E-state index in [9.17, 15) is 9.18 Å². The van der Waals surface area contributed by atoms with Crippen LogP contribution in [-0.4, -0.2) is 87.7 Å². The van der Waals surface area contributed by atoms with Gasteiger partial charge in [0.05, 0.1) is 13.2 Å². The van der Waals surface area contributed by atoms with Gasteiger partial charge in [0.25, 0.3) is 0 Å². The van der Waals surface area contributed by atoms with Crippen LogP contribution in [0.5, 0.6) is 0 Å². The molecule has 0 aliphatic carbocycles. The molecule has 162 valence electrons. The fourth-order valence-corrected chi connectivity index (χ4v) is 3.26. The summed E-state index contributed by atoms with van der Waals surface area (Å²) in [6.45, 7) is 8.37. The second kappa shape index (κ2) is 13.1. The number of piperazine rings is 1. The first-order valence-corrected chi connectivity index (χ1v) is 10.4. The highest BCUT2D eigenvalue weighted by Gasteiger charge is 2.20. The van der Waals surface area contributed by atoms with E-state index in [1.807, 2.05) is 6.07 Å². The van der Waals surface area contributed by atoms with E-state index in [4.69, 9.17) is 9.73 Å². The molecule has 1 amide bonds. The molecule has 1 saturated heterocycles. The number of rotatable bonds is 10. The maximum Gasteiger partial charge on any atom is 0.234 e. The Morgan fingerprint density at radius 3 is 2.72 bits per heavy atom. The van der Waals surface area contributed by atoms with Crippen LogP contribution in [0, 0.1) is 5.82 Å². The topological polar surface area (TPSA) is 69.2 Å². The largest absolute Gasteiger partial charge is 0.383 e. The predicted octanol–water partition coefficient (Wildman–Crippen LogP) is 1.10. The molecule has 1 fully saturated rings. The molecular formula is C21H34FN5O2. The fraction of sp³-hybridized carbons (Fsp3) is 0.619. The van der Waals surface area contributed by atoms with Crippen LogP contribution >= 0.6 is 0 Å². The lowest BCUT2D eigenvalue weighted by atomic mass is 10.1. The van der Waals surface area contributed by atoms with Crippen molar-refractivity contribution in [3.8, 4) is 0 Å². The average Bonchev–Trinajstić information content (AvgIpc) is 2.71. The van der Waals surface area contributed by atoms with Gasteiger partial charge in [0, 0.05) is 52.9 Å². The zero-order chi connectivity index (χ0) is 20.9. The Bertz CT molecular complexity index is 648. The zero-order valence-corrected chi connectivity index (χ0v) is 17.6. The minimum atomic E-state index is -0.190. The second-order valence-corrected chi connectivity index (χ2v) is 7.08. The Kier molecular flexibility index (Phi) is 10.4. The van der Waals surface area contributed by atoms with E-state index in [2.05, 4.69) is 27.4 Å². The fourth-order valence-electron chi connectivity index (χ4n) is 3.26. The lowest BCUT2D eigenvalue weighted by Gasteiger charge is -2.36. The summed E-state index contributed by atoms with van der Waals surface area (Å²) >= 11 is 0. The number of carbonyl (C=O) groups excluding carboxylic acids is 1. The van der Waals surface area contributed by atoms with Gasteiger partial charge in [0.2, 0.25) is 5.91 Å². The van der Waals surface area contributed by atoms with Crippen LogP contribution in [0.15, 0.2) is 29.3 Å². The maximum atomic E-state index is 13.3. The summed E-state index contributed by atoms with van der Waals surface area (Å²) in [5.74, 6) is 0.758. The number of hydrogen-bond acceptors (Lipinski definition) is 4. The Balaban J connectivity index is 1.74. The monoisotopic (exact) mass is 407 g/mol. The van der Waals surface area contributed by atoms with E-state index in [-0.39, 0.29) is 11.7 Å². The van der Waals surface area contributed by atoms with Crippen molar-refractivity contribution in [2.45, 2.75) is 19.8 Å². The van der Waals surface area contributed by atoms with Gasteiger partial charge in [0.15, 0.2) is 5.96 Å². The van der Waals surface area contributed by atoms with Crippen LogP contribution < -0.4 is 10.6 Å². The number of carbonyl (C=O) groups is 1. The van der Waals surface area contributed by atoms with Gasteiger partial charge >= 0.3 is 0 Å². The Labute approximate surface area is 173 Å². The van der Waals surface area contributed by atoms with Gasteiger partial charge in [0.1, 0.15) is 5.82 Å². The maximum absolute atomic E-state index is 13.3. The minimum absolute atomic E-state index is 0.0356. The molecule has 1 aliphatic heterocycles. The van der Waals surface area contributed by atoms with Crippen molar-refractivity contribution in [3.05, 3.63) is 35.6 Å². The van der Waals surface area contributed by atoms with E-state index < -0.39 is 0 Å². The highest BCUT2D eigenvalue weighted by molar-refractivity contribution is 5.80. The molecule has 7 nitrogen and oxygen atoms in total. The molecule has 8 heteroatoms. The summed E-state index contributed by atoms with van der Waals surface area (Å²) in [6, 6.07) is 6.74. The number of aliphatic imine (C=N–C) groups is 1. The molecule has 2 rings (SSSR count). The van der Waals surface area contributed by atoms with Crippen LogP contribution in [0.3, 0.4) is 0 Å². The molecule has 0 bridgehead atoms. The molecule has 0 radical (unpaired) electrons. The van der Waals surface area contributed by atoms with Crippen LogP contribution in [0.2, 0.25) is 0 Å². The number of guanidine groups is 1. The van der Waals surface area contributed by atoms with Gasteiger partial charge in [-0.05, 0) is 37.5 Å². The van der Waals surface area contributed by atoms with Crippen molar-refractivity contribution in [1.29, 1.82) is 0 Å². The van der Waals surface area contributed by atoms with Crippen LogP contribution in [0.25, 0.3) is 0 Å². The number of halogens is 1. The van der Waals surface area contributed by atoms with E-state index in [1.165, 1.54) is 6.07 Å². The molecule has 0 atom stereocenters. The van der Waals surface area contributed by atoms with Gasteiger partial charge < -0.3 is 20.3 Å². The third kappa shape index (κ3) is 8.79. The summed E-state index contributed by atoms with van der Waals surface area (Å²) in [7, 11) is 1.62. The lowest BCUT2D eigenvalue weighted by molar-refractivity contribution is -0.122.